The van der Waals surface area contributed by atoms with Crippen molar-refractivity contribution in [2.24, 2.45) is 11.7 Å². The molecule has 1 rings (SSSR count). The quantitative estimate of drug-likeness (QED) is 0.620. The van der Waals surface area contributed by atoms with Crippen molar-refractivity contribution in [2.75, 3.05) is 0 Å². The van der Waals surface area contributed by atoms with Gasteiger partial charge in [0.1, 0.15) is 11.1 Å². The van der Waals surface area contributed by atoms with Crippen LogP contribution in [0.4, 0.5) is 0 Å². The highest BCUT2D eigenvalue weighted by molar-refractivity contribution is 5.93. The number of aliphatic carboxylic acids is 1. The third-order valence-corrected chi connectivity index (χ3v) is 2.09. The first-order valence-corrected chi connectivity index (χ1v) is 4.42. The minimum atomic E-state index is -1.40. The Kier molecular flexibility index (Phi) is 2.31. The Morgan fingerprint density at radius 3 is 2.29 bits per heavy atom. The molecule has 2 unspecified atom stereocenters. The normalized spacial score (nSPS) is 31.0. The van der Waals surface area contributed by atoms with Crippen LogP contribution >= 0.6 is 0 Å². The van der Waals surface area contributed by atoms with Gasteiger partial charge in [-0.05, 0) is 27.2 Å². The molecule has 3 N–H and O–H groups in total. The van der Waals surface area contributed by atoms with Gasteiger partial charge in [-0.1, -0.05) is 0 Å². The molecule has 0 aromatic carbocycles. The number of carbonyl (C=O) groups is 2. The van der Waals surface area contributed by atoms with Crippen molar-refractivity contribution in [1.29, 1.82) is 0 Å². The molecule has 0 aliphatic heterocycles. The smallest absolute Gasteiger partial charge is 0.324 e. The van der Waals surface area contributed by atoms with Gasteiger partial charge >= 0.3 is 11.9 Å². The largest absolute Gasteiger partial charge is 0.480 e. The first-order valence-electron chi connectivity index (χ1n) is 4.42. The number of ether oxygens (including phenoxy) is 1. The Morgan fingerprint density at radius 1 is 1.50 bits per heavy atom. The Bertz CT molecular complexity index is 281. The molecule has 5 nitrogen and oxygen atoms in total. The van der Waals surface area contributed by atoms with E-state index in [0.717, 1.165) is 0 Å². The average Bonchev–Trinajstić information content (AvgIpc) is 2.60. The molecule has 1 aliphatic rings. The summed E-state index contributed by atoms with van der Waals surface area (Å²) in [6.07, 6.45) is 0.164. The number of carbonyl (C=O) groups excluding carboxylic acids is 1. The highest BCUT2D eigenvalue weighted by Gasteiger charge is 2.63. The van der Waals surface area contributed by atoms with E-state index in [-0.39, 0.29) is 6.42 Å². The van der Waals surface area contributed by atoms with Gasteiger partial charge < -0.3 is 15.6 Å². The maximum Gasteiger partial charge on any atom is 0.324 e. The molecule has 14 heavy (non-hydrogen) atoms. The number of rotatable bonds is 2. The fourth-order valence-electron chi connectivity index (χ4n) is 1.18. The van der Waals surface area contributed by atoms with Crippen LogP contribution in [0.15, 0.2) is 0 Å². The molecule has 0 spiro atoms. The molecule has 0 radical (unpaired) electrons. The van der Waals surface area contributed by atoms with Crippen molar-refractivity contribution < 1.29 is 19.4 Å². The van der Waals surface area contributed by atoms with Gasteiger partial charge in [0.05, 0.1) is 5.92 Å². The Labute approximate surface area is 82.2 Å². The summed E-state index contributed by atoms with van der Waals surface area (Å²) in [5.74, 6) is -2.37. The maximum absolute atomic E-state index is 11.4. The highest BCUT2D eigenvalue weighted by atomic mass is 16.6. The third kappa shape index (κ3) is 2.04. The summed E-state index contributed by atoms with van der Waals surface area (Å²) in [5, 5.41) is 8.70. The van der Waals surface area contributed by atoms with E-state index in [1.54, 1.807) is 20.8 Å². The molecule has 0 amide bonds. The summed E-state index contributed by atoms with van der Waals surface area (Å²) >= 11 is 0. The van der Waals surface area contributed by atoms with Crippen molar-refractivity contribution in [3.8, 4) is 0 Å². The van der Waals surface area contributed by atoms with Gasteiger partial charge in [0, 0.05) is 0 Å². The molecule has 0 saturated heterocycles. The van der Waals surface area contributed by atoms with Crippen LogP contribution in [0.25, 0.3) is 0 Å². The topological polar surface area (TPSA) is 89.6 Å². The van der Waals surface area contributed by atoms with Gasteiger partial charge in [-0.3, -0.25) is 9.59 Å². The van der Waals surface area contributed by atoms with Crippen LogP contribution in [0.1, 0.15) is 27.2 Å². The summed E-state index contributed by atoms with van der Waals surface area (Å²) in [6.45, 7) is 5.19. The Hall–Kier alpha value is -1.10. The molecule has 0 aromatic heterocycles. The van der Waals surface area contributed by atoms with Gasteiger partial charge in [0.2, 0.25) is 0 Å². The SMILES string of the molecule is CC(C)(C)OC(=O)C1CC1(N)C(=O)O. The minimum absolute atomic E-state index is 0.164. The lowest BCUT2D eigenvalue weighted by Gasteiger charge is -2.19. The lowest BCUT2D eigenvalue weighted by atomic mass is 10.2. The second kappa shape index (κ2) is 2.95. The van der Waals surface area contributed by atoms with E-state index < -0.39 is 29.0 Å². The van der Waals surface area contributed by atoms with Crippen LogP contribution in [0.3, 0.4) is 0 Å². The number of carboxylic acid groups (broad SMARTS) is 1. The average molecular weight is 201 g/mol. The summed E-state index contributed by atoms with van der Waals surface area (Å²) in [5.41, 5.74) is 3.45. The molecular formula is C9H15NO4. The standard InChI is InChI=1S/C9H15NO4/c1-8(2,3)14-6(11)5-4-9(5,10)7(12)13/h5H,4,10H2,1-3H3,(H,12,13). The molecule has 80 valence electrons. The van der Waals surface area contributed by atoms with Crippen molar-refractivity contribution in [3.63, 3.8) is 0 Å². The number of esters is 1. The third-order valence-electron chi connectivity index (χ3n) is 2.09. The van der Waals surface area contributed by atoms with Crippen LogP contribution in [0.5, 0.6) is 0 Å². The van der Waals surface area contributed by atoms with Gasteiger partial charge in [-0.15, -0.1) is 0 Å². The van der Waals surface area contributed by atoms with Crippen molar-refractivity contribution >= 4 is 11.9 Å². The van der Waals surface area contributed by atoms with Crippen molar-refractivity contribution in [3.05, 3.63) is 0 Å². The van der Waals surface area contributed by atoms with E-state index in [1.165, 1.54) is 0 Å². The monoisotopic (exact) mass is 201 g/mol. The van der Waals surface area contributed by atoms with Crippen LogP contribution < -0.4 is 5.73 Å². The first kappa shape index (κ1) is 11.0. The summed E-state index contributed by atoms with van der Waals surface area (Å²) in [7, 11) is 0. The van der Waals surface area contributed by atoms with E-state index in [4.69, 9.17) is 15.6 Å². The fraction of sp³-hybridized carbons (Fsp3) is 0.778. The lowest BCUT2D eigenvalue weighted by Crippen LogP contribution is -2.38. The van der Waals surface area contributed by atoms with Gasteiger partial charge in [0.25, 0.3) is 0 Å². The van der Waals surface area contributed by atoms with E-state index >= 15 is 0 Å². The fourth-order valence-corrected chi connectivity index (χ4v) is 1.18. The molecule has 0 bridgehead atoms. The second-order valence-corrected chi connectivity index (χ2v) is 4.64. The first-order chi connectivity index (χ1) is 6.17. The highest BCUT2D eigenvalue weighted by Crippen LogP contribution is 2.42. The molecular weight excluding hydrogens is 186 g/mol. The molecule has 1 fully saturated rings. The van der Waals surface area contributed by atoms with E-state index in [2.05, 4.69) is 0 Å². The van der Waals surface area contributed by atoms with E-state index in [0.29, 0.717) is 0 Å². The van der Waals surface area contributed by atoms with Crippen LogP contribution in [0.2, 0.25) is 0 Å². The number of hydrogen-bond donors (Lipinski definition) is 2. The predicted molar refractivity (Wildman–Crippen MR) is 48.5 cm³/mol. The number of nitrogens with two attached hydrogens (primary N) is 1. The second-order valence-electron chi connectivity index (χ2n) is 4.64. The molecule has 1 saturated carbocycles. The van der Waals surface area contributed by atoms with Crippen LogP contribution in [-0.2, 0) is 14.3 Å². The molecule has 0 aromatic rings. The summed E-state index contributed by atoms with van der Waals surface area (Å²) in [6, 6.07) is 0. The molecule has 5 heteroatoms. The zero-order valence-corrected chi connectivity index (χ0v) is 8.53. The zero-order valence-electron chi connectivity index (χ0n) is 8.53. The van der Waals surface area contributed by atoms with E-state index in [9.17, 15) is 9.59 Å². The van der Waals surface area contributed by atoms with Crippen molar-refractivity contribution in [2.45, 2.75) is 38.3 Å². The lowest BCUT2D eigenvalue weighted by molar-refractivity contribution is -0.158. The zero-order chi connectivity index (χ0) is 11.1. The number of carboxylic acids is 1. The molecule has 0 heterocycles. The minimum Gasteiger partial charge on any atom is -0.480 e. The van der Waals surface area contributed by atoms with Gasteiger partial charge in [-0.25, -0.2) is 0 Å². The maximum atomic E-state index is 11.4. The predicted octanol–water partition coefficient (Wildman–Crippen LogP) is 0.130. The van der Waals surface area contributed by atoms with Crippen LogP contribution in [0, 0.1) is 5.92 Å². The summed E-state index contributed by atoms with van der Waals surface area (Å²) < 4.78 is 5.02. The Morgan fingerprint density at radius 2 is 2.00 bits per heavy atom. The molecule has 2 atom stereocenters. The van der Waals surface area contributed by atoms with E-state index in [1.807, 2.05) is 0 Å². The summed E-state index contributed by atoms with van der Waals surface area (Å²) in [4.78, 5) is 22.0. The Balaban J connectivity index is 2.56. The molecule has 1 aliphatic carbocycles. The van der Waals surface area contributed by atoms with Gasteiger partial charge in [0.15, 0.2) is 0 Å². The van der Waals surface area contributed by atoms with Gasteiger partial charge in [-0.2, -0.15) is 0 Å². The van der Waals surface area contributed by atoms with Crippen molar-refractivity contribution in [1.82, 2.24) is 0 Å². The van der Waals surface area contributed by atoms with Crippen LogP contribution in [-0.4, -0.2) is 28.2 Å². The number of hydrogen-bond acceptors (Lipinski definition) is 4.